The van der Waals surface area contributed by atoms with Gasteiger partial charge in [0.2, 0.25) is 0 Å². The van der Waals surface area contributed by atoms with Gasteiger partial charge in [-0.15, -0.1) is 0 Å². The number of ether oxygens (including phenoxy) is 2. The number of carbonyl (C=O) groups excluding carboxylic acids is 1. The third-order valence-corrected chi connectivity index (χ3v) is 5.56. The molecule has 0 atom stereocenters. The van der Waals surface area contributed by atoms with Crippen molar-refractivity contribution < 1.29 is 14.3 Å². The van der Waals surface area contributed by atoms with Crippen molar-refractivity contribution in [3.05, 3.63) is 68.1 Å². The summed E-state index contributed by atoms with van der Waals surface area (Å²) in [6.07, 6.45) is 1.50. The topological polar surface area (TPSA) is 98.8 Å². The van der Waals surface area contributed by atoms with E-state index in [1.54, 1.807) is 43.3 Å². The van der Waals surface area contributed by atoms with Crippen molar-refractivity contribution in [1.82, 2.24) is 10.4 Å². The highest BCUT2D eigenvalue weighted by atomic mass is 35.5. The maximum Gasteiger partial charge on any atom is 0.283 e. The Hall–Kier alpha value is -2.81. The first-order valence-corrected chi connectivity index (χ1v) is 10.3. The minimum atomic E-state index is -0.371. The fourth-order valence-electron chi connectivity index (χ4n) is 2.52. The van der Waals surface area contributed by atoms with Crippen LogP contribution in [-0.2, 0) is 6.61 Å². The van der Waals surface area contributed by atoms with Gasteiger partial charge in [0.25, 0.3) is 5.91 Å². The van der Waals surface area contributed by atoms with E-state index in [0.29, 0.717) is 42.8 Å². The molecule has 0 unspecified atom stereocenters. The minimum Gasteiger partial charge on any atom is -0.493 e. The molecule has 0 bridgehead atoms. The number of nitrogens with two attached hydrogens (primary N) is 1. The number of hydrogen-bond donors (Lipinski definition) is 2. The highest BCUT2D eigenvalue weighted by molar-refractivity contribution is 7.17. The molecule has 3 aromatic rings. The molecule has 1 amide bonds. The van der Waals surface area contributed by atoms with Crippen molar-refractivity contribution in [2.24, 2.45) is 5.10 Å². The second kappa shape index (κ2) is 9.80. The number of hydrazone groups is 1. The van der Waals surface area contributed by atoms with Crippen LogP contribution in [0, 0.1) is 6.92 Å². The molecule has 2 aromatic carbocycles. The molecule has 0 aliphatic rings. The lowest BCUT2D eigenvalue weighted by molar-refractivity contribution is 0.0958. The van der Waals surface area contributed by atoms with E-state index < -0.39 is 0 Å². The summed E-state index contributed by atoms with van der Waals surface area (Å²) in [6.45, 7) is 1.97. The predicted octanol–water partition coefficient (Wildman–Crippen LogP) is 4.69. The van der Waals surface area contributed by atoms with E-state index in [2.05, 4.69) is 15.5 Å². The SMILES string of the molecule is COc1cc(/C=N\NC(=O)c2sc(N)nc2C)ccc1OCc1ccc(Cl)cc1Cl. The molecule has 0 radical (unpaired) electrons. The lowest BCUT2D eigenvalue weighted by atomic mass is 10.2. The van der Waals surface area contributed by atoms with Gasteiger partial charge in [-0.05, 0) is 42.8 Å². The summed E-state index contributed by atoms with van der Waals surface area (Å²) in [7, 11) is 1.54. The first-order chi connectivity index (χ1) is 14.4. The van der Waals surface area contributed by atoms with Crippen LogP contribution in [0.2, 0.25) is 10.0 Å². The number of aromatic nitrogens is 1. The molecule has 0 spiro atoms. The molecule has 0 saturated carbocycles. The molecule has 1 aromatic heterocycles. The Labute approximate surface area is 187 Å². The molecule has 30 heavy (non-hydrogen) atoms. The zero-order valence-electron chi connectivity index (χ0n) is 16.1. The Balaban J connectivity index is 1.65. The van der Waals surface area contributed by atoms with E-state index in [9.17, 15) is 4.79 Å². The predicted molar refractivity (Wildman–Crippen MR) is 120 cm³/mol. The van der Waals surface area contributed by atoms with Crippen LogP contribution < -0.4 is 20.6 Å². The minimum absolute atomic E-state index is 0.257. The second-order valence-electron chi connectivity index (χ2n) is 6.10. The number of nitrogen functional groups attached to an aromatic ring is 1. The molecule has 10 heteroatoms. The van der Waals surface area contributed by atoms with Gasteiger partial charge in [0.1, 0.15) is 11.5 Å². The fourth-order valence-corrected chi connectivity index (χ4v) is 3.71. The van der Waals surface area contributed by atoms with Crippen molar-refractivity contribution in [2.45, 2.75) is 13.5 Å². The molecule has 0 saturated heterocycles. The Morgan fingerprint density at radius 2 is 2.07 bits per heavy atom. The van der Waals surface area contributed by atoms with E-state index in [-0.39, 0.29) is 12.5 Å². The van der Waals surface area contributed by atoms with Gasteiger partial charge in [-0.25, -0.2) is 10.4 Å². The van der Waals surface area contributed by atoms with Gasteiger partial charge in [-0.1, -0.05) is 40.6 Å². The Bertz CT molecular complexity index is 1100. The van der Waals surface area contributed by atoms with Crippen LogP contribution in [0.4, 0.5) is 5.13 Å². The van der Waals surface area contributed by atoms with E-state index in [1.165, 1.54) is 13.3 Å². The molecule has 3 N–H and O–H groups in total. The van der Waals surface area contributed by atoms with Crippen LogP contribution in [0.25, 0.3) is 0 Å². The molecule has 0 fully saturated rings. The molecule has 156 valence electrons. The summed E-state index contributed by atoms with van der Waals surface area (Å²) < 4.78 is 11.2. The number of aryl methyl sites for hydroxylation is 1. The van der Waals surface area contributed by atoms with Crippen molar-refractivity contribution in [3.63, 3.8) is 0 Å². The molecule has 7 nitrogen and oxygen atoms in total. The number of rotatable bonds is 7. The van der Waals surface area contributed by atoms with Crippen LogP contribution in [0.1, 0.15) is 26.5 Å². The quantitative estimate of drug-likeness (QED) is 0.390. The number of halogens is 2. The van der Waals surface area contributed by atoms with E-state index in [0.717, 1.165) is 16.9 Å². The smallest absolute Gasteiger partial charge is 0.283 e. The van der Waals surface area contributed by atoms with E-state index >= 15 is 0 Å². The summed E-state index contributed by atoms with van der Waals surface area (Å²) in [5.74, 6) is 0.687. The third kappa shape index (κ3) is 5.41. The lowest BCUT2D eigenvalue weighted by Crippen LogP contribution is -2.17. The van der Waals surface area contributed by atoms with Crippen LogP contribution in [0.3, 0.4) is 0 Å². The number of thiazole rings is 1. The average Bonchev–Trinajstić information content (AvgIpc) is 3.06. The third-order valence-electron chi connectivity index (χ3n) is 3.99. The van der Waals surface area contributed by atoms with Crippen LogP contribution in [-0.4, -0.2) is 24.2 Å². The van der Waals surface area contributed by atoms with Gasteiger partial charge in [0, 0.05) is 15.6 Å². The molecule has 3 rings (SSSR count). The monoisotopic (exact) mass is 464 g/mol. The van der Waals surface area contributed by atoms with Gasteiger partial charge >= 0.3 is 0 Å². The number of methoxy groups -OCH3 is 1. The standard InChI is InChI=1S/C20H18Cl2N4O3S/c1-11-18(30-20(23)25-11)19(27)26-24-9-12-3-6-16(17(7-12)28-2)29-10-13-4-5-14(21)8-15(13)22/h3-9H,10H2,1-2H3,(H2,23,25)(H,26,27)/b24-9-. The van der Waals surface area contributed by atoms with Crippen LogP contribution in [0.15, 0.2) is 41.5 Å². The number of nitrogens with zero attached hydrogens (tertiary/aromatic N) is 2. The van der Waals surface area contributed by atoms with Crippen molar-refractivity contribution in [3.8, 4) is 11.5 Å². The number of nitrogens with one attached hydrogen (secondary N) is 1. The van der Waals surface area contributed by atoms with Crippen LogP contribution in [0.5, 0.6) is 11.5 Å². The van der Waals surface area contributed by atoms with E-state index in [1.807, 2.05) is 0 Å². The zero-order valence-corrected chi connectivity index (χ0v) is 18.4. The Morgan fingerprint density at radius 1 is 1.27 bits per heavy atom. The normalized spacial score (nSPS) is 10.9. The number of anilines is 1. The maximum atomic E-state index is 12.1. The highest BCUT2D eigenvalue weighted by Gasteiger charge is 2.13. The van der Waals surface area contributed by atoms with Gasteiger partial charge in [0.15, 0.2) is 16.6 Å². The zero-order chi connectivity index (χ0) is 21.7. The number of benzene rings is 2. The van der Waals surface area contributed by atoms with E-state index in [4.69, 9.17) is 38.4 Å². The number of carbonyl (C=O) groups is 1. The molecular weight excluding hydrogens is 447 g/mol. The summed E-state index contributed by atoms with van der Waals surface area (Å²) in [5.41, 5.74) is 10.1. The number of hydrogen-bond acceptors (Lipinski definition) is 7. The van der Waals surface area contributed by atoms with Gasteiger partial charge < -0.3 is 15.2 Å². The van der Waals surface area contributed by atoms with Gasteiger partial charge in [-0.2, -0.15) is 5.10 Å². The summed E-state index contributed by atoms with van der Waals surface area (Å²) in [5, 5.41) is 5.40. The Morgan fingerprint density at radius 3 is 2.73 bits per heavy atom. The summed E-state index contributed by atoms with van der Waals surface area (Å²) in [4.78, 5) is 16.6. The van der Waals surface area contributed by atoms with Crippen LogP contribution >= 0.6 is 34.5 Å². The molecule has 1 heterocycles. The van der Waals surface area contributed by atoms with Crippen molar-refractivity contribution in [2.75, 3.05) is 12.8 Å². The first-order valence-electron chi connectivity index (χ1n) is 8.68. The largest absolute Gasteiger partial charge is 0.493 e. The summed E-state index contributed by atoms with van der Waals surface area (Å²) in [6, 6.07) is 10.5. The molecule has 0 aliphatic heterocycles. The second-order valence-corrected chi connectivity index (χ2v) is 7.97. The van der Waals surface area contributed by atoms with Gasteiger partial charge in [-0.3, -0.25) is 4.79 Å². The highest BCUT2D eigenvalue weighted by Crippen LogP contribution is 2.30. The van der Waals surface area contributed by atoms with Crippen molar-refractivity contribution in [1.29, 1.82) is 0 Å². The molecular formula is C20H18Cl2N4O3S. The maximum absolute atomic E-state index is 12.1. The Kier molecular flexibility index (Phi) is 7.15. The van der Waals surface area contributed by atoms with Crippen molar-refractivity contribution >= 4 is 51.8 Å². The fraction of sp³-hybridized carbons (Fsp3) is 0.150. The lowest BCUT2D eigenvalue weighted by Gasteiger charge is -2.12. The number of amides is 1. The first kappa shape index (κ1) is 21.9. The van der Waals surface area contributed by atoms with Gasteiger partial charge in [0.05, 0.1) is 19.0 Å². The molecule has 0 aliphatic carbocycles. The summed E-state index contributed by atoms with van der Waals surface area (Å²) >= 11 is 13.2. The average molecular weight is 465 g/mol.